The second kappa shape index (κ2) is 9.17. The highest BCUT2D eigenvalue weighted by Crippen LogP contribution is 2.46. The van der Waals surface area contributed by atoms with E-state index in [4.69, 9.17) is 9.05 Å². The molecule has 2 unspecified atom stereocenters. The third kappa shape index (κ3) is 7.09. The van der Waals surface area contributed by atoms with E-state index in [0.29, 0.717) is 12.2 Å². The fourth-order valence-electron chi connectivity index (χ4n) is 1.95. The summed E-state index contributed by atoms with van der Waals surface area (Å²) >= 11 is 0. The summed E-state index contributed by atoms with van der Waals surface area (Å²) in [6.45, 7) is 4.11. The molecule has 0 heterocycles. The SMILES string of the molecule is CCCCCCC(CC)OP(=O)(O)Oc1ccccc1. The third-order valence-electron chi connectivity index (χ3n) is 3.08. The Hall–Kier alpha value is -0.830. The summed E-state index contributed by atoms with van der Waals surface area (Å²) in [6.07, 6.45) is 5.77. The highest BCUT2D eigenvalue weighted by atomic mass is 31.2. The van der Waals surface area contributed by atoms with E-state index in [2.05, 4.69) is 6.92 Å². The molecule has 0 bridgehead atoms. The van der Waals surface area contributed by atoms with Crippen molar-refractivity contribution < 1.29 is 18.5 Å². The zero-order valence-electron chi connectivity index (χ0n) is 12.3. The van der Waals surface area contributed by atoms with Gasteiger partial charge in [0.2, 0.25) is 0 Å². The van der Waals surface area contributed by atoms with E-state index in [1.165, 1.54) is 12.8 Å². The van der Waals surface area contributed by atoms with Crippen molar-refractivity contribution in [1.82, 2.24) is 0 Å². The molecule has 0 amide bonds. The number of unbranched alkanes of at least 4 members (excludes halogenated alkanes) is 3. The first kappa shape index (κ1) is 17.2. The quantitative estimate of drug-likeness (QED) is 0.491. The first-order valence-corrected chi connectivity index (χ1v) is 8.82. The van der Waals surface area contributed by atoms with Crippen LogP contribution in [0.4, 0.5) is 0 Å². The molecule has 2 atom stereocenters. The van der Waals surface area contributed by atoms with Crippen LogP contribution in [-0.4, -0.2) is 11.0 Å². The normalized spacial score (nSPS) is 15.6. The zero-order valence-corrected chi connectivity index (χ0v) is 13.2. The molecule has 0 spiro atoms. The molecule has 1 rings (SSSR count). The Labute approximate surface area is 121 Å². The van der Waals surface area contributed by atoms with Gasteiger partial charge < -0.3 is 4.52 Å². The van der Waals surface area contributed by atoms with Crippen molar-refractivity contribution in [2.75, 3.05) is 0 Å². The van der Waals surface area contributed by atoms with Crippen LogP contribution in [0.5, 0.6) is 5.75 Å². The highest BCUT2D eigenvalue weighted by molar-refractivity contribution is 7.47. The molecule has 1 N–H and O–H groups in total. The van der Waals surface area contributed by atoms with Crippen molar-refractivity contribution in [3.05, 3.63) is 30.3 Å². The third-order valence-corrected chi connectivity index (χ3v) is 4.09. The van der Waals surface area contributed by atoms with Gasteiger partial charge in [0.05, 0.1) is 6.10 Å². The second-order valence-corrected chi connectivity index (χ2v) is 6.19. The van der Waals surface area contributed by atoms with Gasteiger partial charge in [0.25, 0.3) is 0 Å². The minimum Gasteiger partial charge on any atom is -0.404 e. The standard InChI is InChI=1S/C15H25O4P/c1-3-5-6-8-11-14(4-2)18-20(16,17)19-15-12-9-7-10-13-15/h7,9-10,12-14H,3-6,8,11H2,1-2H3,(H,16,17). The Kier molecular flexibility index (Phi) is 7.90. The van der Waals surface area contributed by atoms with E-state index in [9.17, 15) is 9.46 Å². The van der Waals surface area contributed by atoms with Crippen LogP contribution in [0.3, 0.4) is 0 Å². The van der Waals surface area contributed by atoms with Gasteiger partial charge in [-0.3, -0.25) is 9.42 Å². The monoisotopic (exact) mass is 300 g/mol. The smallest absolute Gasteiger partial charge is 0.404 e. The lowest BCUT2D eigenvalue weighted by atomic mass is 10.1. The number of hydrogen-bond acceptors (Lipinski definition) is 3. The Morgan fingerprint density at radius 1 is 1.15 bits per heavy atom. The first-order valence-electron chi connectivity index (χ1n) is 7.33. The van der Waals surface area contributed by atoms with Crippen LogP contribution in [-0.2, 0) is 9.09 Å². The van der Waals surface area contributed by atoms with Gasteiger partial charge >= 0.3 is 7.82 Å². The molecule has 0 fully saturated rings. The topological polar surface area (TPSA) is 55.8 Å². The van der Waals surface area contributed by atoms with Crippen LogP contribution in [0.25, 0.3) is 0 Å². The van der Waals surface area contributed by atoms with E-state index in [1.54, 1.807) is 24.3 Å². The zero-order chi connectivity index (χ0) is 14.8. The van der Waals surface area contributed by atoms with Gasteiger partial charge in [-0.1, -0.05) is 57.7 Å². The summed E-state index contributed by atoms with van der Waals surface area (Å²) in [5, 5.41) is 0. The van der Waals surface area contributed by atoms with Gasteiger partial charge in [-0.25, -0.2) is 4.57 Å². The lowest BCUT2D eigenvalue weighted by Crippen LogP contribution is -2.12. The van der Waals surface area contributed by atoms with Crippen LogP contribution in [0.2, 0.25) is 0 Å². The predicted octanol–water partition coefficient (Wildman–Crippen LogP) is 4.93. The van der Waals surface area contributed by atoms with E-state index < -0.39 is 7.82 Å². The Morgan fingerprint density at radius 3 is 2.45 bits per heavy atom. The molecule has 0 aromatic heterocycles. The van der Waals surface area contributed by atoms with Gasteiger partial charge in [-0.15, -0.1) is 0 Å². The minimum atomic E-state index is -4.04. The lowest BCUT2D eigenvalue weighted by molar-refractivity contribution is 0.125. The number of phosphoric acid groups is 1. The number of phosphoric ester groups is 1. The van der Waals surface area contributed by atoms with Gasteiger partial charge in [-0.05, 0) is 25.0 Å². The van der Waals surface area contributed by atoms with Crippen molar-refractivity contribution in [2.45, 2.75) is 58.5 Å². The Morgan fingerprint density at radius 2 is 1.85 bits per heavy atom. The largest absolute Gasteiger partial charge is 0.527 e. The predicted molar refractivity (Wildman–Crippen MR) is 80.8 cm³/mol. The maximum absolute atomic E-state index is 12.0. The van der Waals surface area contributed by atoms with Crippen LogP contribution < -0.4 is 4.52 Å². The average molecular weight is 300 g/mol. The fraction of sp³-hybridized carbons (Fsp3) is 0.600. The molecule has 1 aromatic rings. The molecule has 20 heavy (non-hydrogen) atoms. The van der Waals surface area contributed by atoms with Crippen LogP contribution in [0.1, 0.15) is 52.4 Å². The molecule has 5 heteroatoms. The van der Waals surface area contributed by atoms with Crippen molar-refractivity contribution in [3.8, 4) is 5.75 Å². The van der Waals surface area contributed by atoms with E-state index in [-0.39, 0.29) is 6.10 Å². The van der Waals surface area contributed by atoms with E-state index in [1.807, 2.05) is 13.0 Å². The first-order chi connectivity index (χ1) is 9.57. The highest BCUT2D eigenvalue weighted by Gasteiger charge is 2.27. The molecular formula is C15H25O4P. The molecule has 0 radical (unpaired) electrons. The molecular weight excluding hydrogens is 275 g/mol. The van der Waals surface area contributed by atoms with Crippen LogP contribution >= 0.6 is 7.82 Å². The Balaban J connectivity index is 2.44. The van der Waals surface area contributed by atoms with Gasteiger partial charge in [-0.2, -0.15) is 0 Å². The summed E-state index contributed by atoms with van der Waals surface area (Å²) in [5.74, 6) is 0.346. The molecule has 0 aliphatic rings. The van der Waals surface area contributed by atoms with Gasteiger partial charge in [0.1, 0.15) is 5.75 Å². The molecule has 114 valence electrons. The number of rotatable bonds is 10. The maximum Gasteiger partial charge on any atom is 0.527 e. The molecule has 1 aromatic carbocycles. The van der Waals surface area contributed by atoms with E-state index >= 15 is 0 Å². The average Bonchev–Trinajstić information content (AvgIpc) is 2.42. The molecule has 0 saturated heterocycles. The summed E-state index contributed by atoms with van der Waals surface area (Å²) < 4.78 is 22.3. The number of para-hydroxylation sites is 1. The van der Waals surface area contributed by atoms with Crippen molar-refractivity contribution in [3.63, 3.8) is 0 Å². The number of hydrogen-bond donors (Lipinski definition) is 1. The lowest BCUT2D eigenvalue weighted by Gasteiger charge is -2.19. The summed E-state index contributed by atoms with van der Waals surface area (Å²) in [5.41, 5.74) is 0. The van der Waals surface area contributed by atoms with Crippen molar-refractivity contribution in [2.24, 2.45) is 0 Å². The molecule has 4 nitrogen and oxygen atoms in total. The maximum atomic E-state index is 12.0. The van der Waals surface area contributed by atoms with Crippen LogP contribution in [0.15, 0.2) is 30.3 Å². The van der Waals surface area contributed by atoms with Gasteiger partial charge in [0.15, 0.2) is 0 Å². The summed E-state index contributed by atoms with van der Waals surface area (Å²) in [4.78, 5) is 9.78. The number of benzene rings is 1. The van der Waals surface area contributed by atoms with Crippen LogP contribution in [0, 0.1) is 0 Å². The second-order valence-electron chi connectivity index (χ2n) is 4.86. The molecule has 0 saturated carbocycles. The minimum absolute atomic E-state index is 0.230. The van der Waals surface area contributed by atoms with Crippen molar-refractivity contribution >= 4 is 7.82 Å². The molecule has 0 aliphatic carbocycles. The van der Waals surface area contributed by atoms with Crippen molar-refractivity contribution in [1.29, 1.82) is 0 Å². The van der Waals surface area contributed by atoms with Gasteiger partial charge in [0, 0.05) is 0 Å². The molecule has 0 aliphatic heterocycles. The summed E-state index contributed by atoms with van der Waals surface area (Å²) in [6, 6.07) is 8.58. The van der Waals surface area contributed by atoms with E-state index in [0.717, 1.165) is 19.3 Å². The Bertz CT molecular complexity index is 408. The summed E-state index contributed by atoms with van der Waals surface area (Å²) in [7, 11) is -4.04. The fourth-order valence-corrected chi connectivity index (χ4v) is 3.02.